The number of carbonyl (C=O) groups excluding carboxylic acids is 2. The minimum absolute atomic E-state index is 0.0109. The number of hydrogen-bond acceptors (Lipinski definition) is 7. The van der Waals surface area contributed by atoms with E-state index in [0.29, 0.717) is 62.0 Å². The number of esters is 1. The fourth-order valence-electron chi connectivity index (χ4n) is 4.85. The zero-order valence-electron chi connectivity index (χ0n) is 21.0. The number of ketones is 1. The van der Waals surface area contributed by atoms with Crippen molar-refractivity contribution in [1.29, 1.82) is 0 Å². The molecule has 0 saturated carbocycles. The van der Waals surface area contributed by atoms with Crippen molar-refractivity contribution < 1.29 is 32.2 Å². The number of aryl methyl sites for hydroxylation is 1. The summed E-state index contributed by atoms with van der Waals surface area (Å²) in [5.74, 6) is -0.123. The van der Waals surface area contributed by atoms with Crippen LogP contribution in [0.3, 0.4) is 0 Å². The van der Waals surface area contributed by atoms with Crippen molar-refractivity contribution in [2.45, 2.75) is 56.9 Å². The number of nitrogens with zero attached hydrogens (tertiary/aromatic N) is 1. The fraction of sp³-hybridized carbons (Fsp3) is 0.481. The van der Waals surface area contributed by atoms with Crippen molar-refractivity contribution in [1.82, 2.24) is 0 Å². The highest BCUT2D eigenvalue weighted by Gasteiger charge is 2.36. The number of anilines is 1. The van der Waals surface area contributed by atoms with Gasteiger partial charge in [-0.05, 0) is 86.9 Å². The number of ether oxygens (including phenoxy) is 3. The molecule has 1 atom stereocenters. The lowest BCUT2D eigenvalue weighted by Gasteiger charge is -2.37. The van der Waals surface area contributed by atoms with Crippen molar-refractivity contribution in [2.75, 3.05) is 31.2 Å². The number of rotatable bonds is 8. The van der Waals surface area contributed by atoms with Gasteiger partial charge in [0, 0.05) is 24.8 Å². The topological polar surface area (TPSA) is 99.2 Å². The smallest absolute Gasteiger partial charge is 0.341 e. The van der Waals surface area contributed by atoms with Gasteiger partial charge in [-0.25, -0.2) is 13.2 Å². The molecule has 0 spiro atoms. The molecule has 36 heavy (non-hydrogen) atoms. The van der Waals surface area contributed by atoms with Gasteiger partial charge < -0.3 is 14.2 Å². The molecule has 2 aromatic rings. The predicted octanol–water partition coefficient (Wildman–Crippen LogP) is 4.40. The van der Waals surface area contributed by atoms with Gasteiger partial charge in [0.05, 0.1) is 24.3 Å². The van der Waals surface area contributed by atoms with Gasteiger partial charge in [-0.3, -0.25) is 9.10 Å². The van der Waals surface area contributed by atoms with Crippen LogP contribution in [0.5, 0.6) is 5.75 Å². The van der Waals surface area contributed by atoms with E-state index in [-0.39, 0.29) is 22.3 Å². The van der Waals surface area contributed by atoms with E-state index in [1.54, 1.807) is 18.2 Å². The molecular weight excluding hydrogens is 482 g/mol. The number of sulfonamides is 1. The first-order valence-electron chi connectivity index (χ1n) is 12.4. The van der Waals surface area contributed by atoms with Gasteiger partial charge in [-0.1, -0.05) is 6.92 Å². The molecule has 8 nitrogen and oxygen atoms in total. The molecule has 0 radical (unpaired) electrons. The van der Waals surface area contributed by atoms with Gasteiger partial charge in [-0.2, -0.15) is 0 Å². The second-order valence-corrected chi connectivity index (χ2v) is 11.1. The number of Topliss-reactive ketones (excluding diaryl/α,β-unsaturated/α-hetero) is 1. The number of hydrogen-bond donors (Lipinski definition) is 0. The average molecular weight is 516 g/mol. The fourth-order valence-corrected chi connectivity index (χ4v) is 6.67. The van der Waals surface area contributed by atoms with Crippen molar-refractivity contribution >= 4 is 27.5 Å². The summed E-state index contributed by atoms with van der Waals surface area (Å²) in [6.45, 7) is 5.22. The highest BCUT2D eigenvalue weighted by Crippen LogP contribution is 2.38. The summed E-state index contributed by atoms with van der Waals surface area (Å²) >= 11 is 0. The maximum atomic E-state index is 14.0. The summed E-state index contributed by atoms with van der Waals surface area (Å²) in [6.07, 6.45) is 3.70. The Balaban J connectivity index is 1.70. The van der Waals surface area contributed by atoms with Crippen LogP contribution in [0.25, 0.3) is 0 Å². The van der Waals surface area contributed by atoms with E-state index in [4.69, 9.17) is 14.2 Å². The molecule has 4 rings (SSSR count). The maximum Gasteiger partial charge on any atom is 0.341 e. The summed E-state index contributed by atoms with van der Waals surface area (Å²) in [4.78, 5) is 24.5. The Bertz CT molecular complexity index is 1230. The molecule has 0 bridgehead atoms. The summed E-state index contributed by atoms with van der Waals surface area (Å²) in [5, 5.41) is 0. The van der Waals surface area contributed by atoms with Crippen molar-refractivity contribution in [3.63, 3.8) is 0 Å². The first-order chi connectivity index (χ1) is 17.3. The van der Waals surface area contributed by atoms with Gasteiger partial charge in [0.2, 0.25) is 0 Å². The van der Waals surface area contributed by atoms with Gasteiger partial charge in [0.15, 0.2) is 5.78 Å². The van der Waals surface area contributed by atoms with Crippen molar-refractivity contribution in [3.8, 4) is 5.75 Å². The average Bonchev–Trinajstić information content (AvgIpc) is 2.90. The van der Waals surface area contributed by atoms with Crippen LogP contribution >= 0.6 is 0 Å². The molecule has 2 heterocycles. The Morgan fingerprint density at radius 3 is 2.50 bits per heavy atom. The van der Waals surface area contributed by atoms with Crippen LogP contribution in [0.4, 0.5) is 5.69 Å². The van der Waals surface area contributed by atoms with Crippen molar-refractivity contribution in [3.05, 3.63) is 53.1 Å². The third-order valence-electron chi connectivity index (χ3n) is 7.00. The molecule has 0 amide bonds. The van der Waals surface area contributed by atoms with E-state index in [0.717, 1.165) is 18.4 Å². The third kappa shape index (κ3) is 5.27. The molecule has 0 N–H and O–H groups in total. The zero-order valence-corrected chi connectivity index (χ0v) is 21.8. The van der Waals surface area contributed by atoms with Crippen LogP contribution < -0.4 is 9.04 Å². The quantitative estimate of drug-likeness (QED) is 0.379. The van der Waals surface area contributed by atoms with E-state index in [2.05, 4.69) is 0 Å². The van der Waals surface area contributed by atoms with Gasteiger partial charge in [0.1, 0.15) is 11.3 Å². The molecular formula is C27H33NO7S. The SMILES string of the molecule is CC[C@@H]1CCc2cc(C(C)=O)ccc2N1S(=O)(=O)c1ccc(OCC2CCOCC2)c(C(=O)OC)c1. The Hall–Kier alpha value is -2.91. The summed E-state index contributed by atoms with van der Waals surface area (Å²) < 4.78 is 45.7. The number of methoxy groups -OCH3 is 1. The Kier molecular flexibility index (Phi) is 8.00. The van der Waals surface area contributed by atoms with Gasteiger partial charge >= 0.3 is 5.97 Å². The van der Waals surface area contributed by atoms with E-state index < -0.39 is 16.0 Å². The number of benzene rings is 2. The monoisotopic (exact) mass is 515 g/mol. The van der Waals surface area contributed by atoms with Crippen LogP contribution in [0, 0.1) is 5.92 Å². The molecule has 1 fully saturated rings. The van der Waals surface area contributed by atoms with E-state index in [1.807, 2.05) is 6.92 Å². The Morgan fingerprint density at radius 1 is 1.08 bits per heavy atom. The zero-order chi connectivity index (χ0) is 25.9. The van der Waals surface area contributed by atoms with Crippen LogP contribution in [0.1, 0.15) is 65.8 Å². The van der Waals surface area contributed by atoms with E-state index >= 15 is 0 Å². The van der Waals surface area contributed by atoms with Crippen LogP contribution in [0.2, 0.25) is 0 Å². The first-order valence-corrected chi connectivity index (χ1v) is 13.8. The van der Waals surface area contributed by atoms with E-state index in [9.17, 15) is 18.0 Å². The van der Waals surface area contributed by atoms with E-state index in [1.165, 1.54) is 36.5 Å². The molecule has 2 aromatic carbocycles. The molecule has 2 aliphatic rings. The molecule has 1 saturated heterocycles. The van der Waals surface area contributed by atoms with Crippen LogP contribution in [0.15, 0.2) is 41.3 Å². The lowest BCUT2D eigenvalue weighted by Crippen LogP contribution is -2.43. The molecule has 194 valence electrons. The second kappa shape index (κ2) is 11.0. The predicted molar refractivity (Wildman–Crippen MR) is 135 cm³/mol. The molecule has 2 aliphatic heterocycles. The number of carbonyl (C=O) groups is 2. The first kappa shape index (κ1) is 26.2. The normalized spacial score (nSPS) is 18.4. The van der Waals surface area contributed by atoms with Crippen LogP contribution in [-0.2, 0) is 25.9 Å². The summed E-state index contributed by atoms with van der Waals surface area (Å²) in [5.41, 5.74) is 2.01. The van der Waals surface area contributed by atoms with Crippen molar-refractivity contribution in [2.24, 2.45) is 5.92 Å². The molecule has 0 aromatic heterocycles. The van der Waals surface area contributed by atoms with Gasteiger partial charge in [0.25, 0.3) is 10.0 Å². The minimum Gasteiger partial charge on any atom is -0.492 e. The number of fused-ring (bicyclic) bond motifs is 1. The Labute approximate surface area is 212 Å². The third-order valence-corrected chi connectivity index (χ3v) is 8.86. The van der Waals surface area contributed by atoms with Crippen LogP contribution in [-0.4, -0.2) is 53.1 Å². The maximum absolute atomic E-state index is 14.0. The lowest BCUT2D eigenvalue weighted by molar-refractivity contribution is 0.0483. The second-order valence-electron chi connectivity index (χ2n) is 9.32. The lowest BCUT2D eigenvalue weighted by atomic mass is 9.94. The molecule has 0 unspecified atom stereocenters. The standard InChI is InChI=1S/C27H33NO7S/c1-4-22-7-5-21-15-20(18(2)29)6-9-25(21)28(22)36(31,32)23-8-10-26(24(16-23)27(30)33-3)35-17-19-11-13-34-14-12-19/h6,8-10,15-16,19,22H,4-5,7,11-14,17H2,1-3H3/t22-/m1/s1. The Morgan fingerprint density at radius 2 is 1.83 bits per heavy atom. The highest BCUT2D eigenvalue weighted by atomic mass is 32.2. The minimum atomic E-state index is -4.02. The van der Waals surface area contributed by atoms with Gasteiger partial charge in [-0.15, -0.1) is 0 Å². The summed E-state index contributed by atoms with van der Waals surface area (Å²) in [6, 6.07) is 9.25. The highest BCUT2D eigenvalue weighted by molar-refractivity contribution is 7.92. The molecule has 0 aliphatic carbocycles. The molecule has 9 heteroatoms. The largest absolute Gasteiger partial charge is 0.492 e. The summed E-state index contributed by atoms with van der Waals surface area (Å²) in [7, 11) is -2.76.